The number of phosphoric acid groups is 1. The van der Waals surface area contributed by atoms with Crippen molar-refractivity contribution in [3.8, 4) is 11.1 Å². The second-order valence-electron chi connectivity index (χ2n) is 2.09. The summed E-state index contributed by atoms with van der Waals surface area (Å²) in [5.41, 5.74) is 2.85. The number of benzene rings is 1. The number of hydrogen-bond donors (Lipinski definition) is 3. The first-order valence-electron chi connectivity index (χ1n) is 2.85. The van der Waals surface area contributed by atoms with Gasteiger partial charge in [0.05, 0.1) is 0 Å². The van der Waals surface area contributed by atoms with E-state index in [1.807, 2.05) is 0 Å². The number of rotatable bonds is 0. The largest absolute Gasteiger partial charge is 1.00 e. The zero-order valence-electron chi connectivity index (χ0n) is 9.51. The summed E-state index contributed by atoms with van der Waals surface area (Å²) in [6.07, 6.45) is 0. The Kier molecular flexibility index (Phi) is 8.69. The molecule has 0 unspecified atom stereocenters. The molecular formula is C6H9Na2O4P. The Balaban J connectivity index is -0.0000000648. The van der Waals surface area contributed by atoms with Gasteiger partial charge in [-0.3, -0.25) is 0 Å². The molecule has 0 amide bonds. The molecule has 2 aliphatic carbocycles. The van der Waals surface area contributed by atoms with Gasteiger partial charge >= 0.3 is 66.9 Å². The maximum absolute atomic E-state index is 8.88. The van der Waals surface area contributed by atoms with E-state index in [0.717, 1.165) is 0 Å². The number of hydrogen-bond acceptors (Lipinski definition) is 1. The Morgan fingerprint density at radius 2 is 1.08 bits per heavy atom. The van der Waals surface area contributed by atoms with Gasteiger partial charge < -0.3 is 17.5 Å². The molecule has 0 fully saturated rings. The molecule has 0 bridgehead atoms. The minimum absolute atomic E-state index is 0. The molecule has 3 N–H and O–H groups in total. The molecule has 7 heteroatoms. The summed E-state index contributed by atoms with van der Waals surface area (Å²) < 4.78 is 8.88. The van der Waals surface area contributed by atoms with Gasteiger partial charge in [0.1, 0.15) is 0 Å². The van der Waals surface area contributed by atoms with Crippen molar-refractivity contribution in [1.82, 2.24) is 0 Å². The first-order chi connectivity index (χ1) is 4.97. The molecule has 13 heavy (non-hydrogen) atoms. The molecule has 0 spiro atoms. The molecule has 64 valence electrons. The summed E-state index contributed by atoms with van der Waals surface area (Å²) in [7, 11) is -4.64. The van der Waals surface area contributed by atoms with Crippen molar-refractivity contribution in [3.63, 3.8) is 0 Å². The van der Waals surface area contributed by atoms with Crippen molar-refractivity contribution in [3.05, 3.63) is 24.3 Å². The molecule has 0 aromatic carbocycles. The monoisotopic (exact) mass is 222 g/mol. The van der Waals surface area contributed by atoms with E-state index >= 15 is 0 Å². The molecule has 2 rings (SSSR count). The normalized spacial score (nSPS) is 9.77. The second-order valence-corrected chi connectivity index (χ2v) is 3.12. The van der Waals surface area contributed by atoms with Crippen LogP contribution in [0.15, 0.2) is 24.3 Å². The van der Waals surface area contributed by atoms with E-state index in [1.54, 1.807) is 0 Å². The molecule has 0 aromatic heterocycles. The van der Waals surface area contributed by atoms with Crippen LogP contribution < -0.4 is 59.1 Å². The van der Waals surface area contributed by atoms with E-state index in [4.69, 9.17) is 19.2 Å². The van der Waals surface area contributed by atoms with Crippen molar-refractivity contribution >= 4 is 7.82 Å². The Bertz CT molecular complexity index is 273. The standard InChI is InChI=1S/C6H4.2Na.H3O4P.2H/c1-2-6-4-3-5(1)6;;;1-5(2,3)4;;/h1-4H;;;(H3,1,2,3,4);;/q;2*+1;;2*-1. The molecule has 0 saturated heterocycles. The summed E-state index contributed by atoms with van der Waals surface area (Å²) in [5, 5.41) is 0. The fourth-order valence-corrected chi connectivity index (χ4v) is 0.663. The Morgan fingerprint density at radius 3 is 1.08 bits per heavy atom. The van der Waals surface area contributed by atoms with Gasteiger partial charge in [-0.1, -0.05) is 24.3 Å². The van der Waals surface area contributed by atoms with Crippen LogP contribution in [0.3, 0.4) is 0 Å². The van der Waals surface area contributed by atoms with Crippen LogP contribution in [-0.2, 0) is 4.57 Å². The van der Waals surface area contributed by atoms with Crippen LogP contribution >= 0.6 is 7.82 Å². The Morgan fingerprint density at radius 1 is 0.923 bits per heavy atom. The zero-order chi connectivity index (χ0) is 8.48. The molecule has 0 heterocycles. The van der Waals surface area contributed by atoms with Gasteiger partial charge in [0, 0.05) is 0 Å². The van der Waals surface area contributed by atoms with Gasteiger partial charge in [-0.2, -0.15) is 0 Å². The molecule has 0 aliphatic heterocycles. The van der Waals surface area contributed by atoms with Gasteiger partial charge in [-0.05, 0) is 11.1 Å². The summed E-state index contributed by atoms with van der Waals surface area (Å²) in [6.45, 7) is 0. The molecular weight excluding hydrogens is 213 g/mol. The molecule has 4 nitrogen and oxygen atoms in total. The van der Waals surface area contributed by atoms with E-state index in [2.05, 4.69) is 24.3 Å². The summed E-state index contributed by atoms with van der Waals surface area (Å²) in [5.74, 6) is 0. The van der Waals surface area contributed by atoms with Crippen molar-refractivity contribution in [2.45, 2.75) is 0 Å². The predicted molar refractivity (Wildman–Crippen MR) is 41.9 cm³/mol. The topological polar surface area (TPSA) is 77.8 Å². The van der Waals surface area contributed by atoms with Crippen LogP contribution in [0.1, 0.15) is 2.85 Å². The SMILES string of the molecule is O=P(O)(O)O.[H-].[H-].[Na+].[Na+].c1cc2ccc1-2. The fraction of sp³-hybridized carbons (Fsp3) is 0. The van der Waals surface area contributed by atoms with Crippen LogP contribution in [0.25, 0.3) is 11.1 Å². The smallest absolute Gasteiger partial charge is 1.00 e. The van der Waals surface area contributed by atoms with Gasteiger partial charge in [0.15, 0.2) is 0 Å². The van der Waals surface area contributed by atoms with Gasteiger partial charge in [-0.25, -0.2) is 4.57 Å². The van der Waals surface area contributed by atoms with E-state index in [-0.39, 0.29) is 62.0 Å². The summed E-state index contributed by atoms with van der Waals surface area (Å²) in [4.78, 5) is 21.6. The summed E-state index contributed by atoms with van der Waals surface area (Å²) in [6, 6.07) is 8.48. The van der Waals surface area contributed by atoms with Crippen molar-refractivity contribution < 1.29 is 81.2 Å². The second kappa shape index (κ2) is 6.75. The fourth-order valence-electron chi connectivity index (χ4n) is 0.663. The van der Waals surface area contributed by atoms with Gasteiger partial charge in [-0.15, -0.1) is 0 Å². The van der Waals surface area contributed by atoms with E-state index in [9.17, 15) is 0 Å². The minimum Gasteiger partial charge on any atom is -1.00 e. The third kappa shape index (κ3) is 7.28. The van der Waals surface area contributed by atoms with Crippen molar-refractivity contribution in [2.24, 2.45) is 0 Å². The average Bonchev–Trinajstić information content (AvgIpc) is 1.74. The molecule has 0 radical (unpaired) electrons. The van der Waals surface area contributed by atoms with Crippen LogP contribution in [0.5, 0.6) is 0 Å². The zero-order valence-corrected chi connectivity index (χ0v) is 12.4. The van der Waals surface area contributed by atoms with Crippen molar-refractivity contribution in [1.29, 1.82) is 0 Å². The maximum Gasteiger partial charge on any atom is 1.00 e. The number of fused-ring (bicyclic) bond motifs is 1. The molecule has 0 saturated carbocycles. The summed E-state index contributed by atoms with van der Waals surface area (Å²) >= 11 is 0. The first-order valence-corrected chi connectivity index (χ1v) is 4.42. The van der Waals surface area contributed by atoms with E-state index < -0.39 is 7.82 Å². The first kappa shape index (κ1) is 16.7. The van der Waals surface area contributed by atoms with E-state index in [0.29, 0.717) is 0 Å². The van der Waals surface area contributed by atoms with E-state index in [1.165, 1.54) is 11.1 Å². The average molecular weight is 222 g/mol. The molecule has 0 atom stereocenters. The van der Waals surface area contributed by atoms with Crippen LogP contribution in [0.2, 0.25) is 0 Å². The van der Waals surface area contributed by atoms with Crippen LogP contribution in [-0.4, -0.2) is 14.7 Å². The molecule has 0 aromatic rings. The third-order valence-electron chi connectivity index (χ3n) is 1.22. The van der Waals surface area contributed by atoms with Gasteiger partial charge in [0.2, 0.25) is 0 Å². The third-order valence-corrected chi connectivity index (χ3v) is 1.22. The van der Waals surface area contributed by atoms with Crippen LogP contribution in [0.4, 0.5) is 0 Å². The minimum atomic E-state index is -4.64. The van der Waals surface area contributed by atoms with Crippen LogP contribution in [0, 0.1) is 0 Å². The predicted octanol–water partition coefficient (Wildman–Crippen LogP) is -5.03. The maximum atomic E-state index is 8.88. The molecule has 2 aliphatic rings. The Labute approximate surface area is 123 Å². The van der Waals surface area contributed by atoms with Gasteiger partial charge in [0.25, 0.3) is 0 Å². The quantitative estimate of drug-likeness (QED) is 0.308. The van der Waals surface area contributed by atoms with Crippen molar-refractivity contribution in [2.75, 3.05) is 0 Å². The Hall–Kier alpha value is 1.33.